The molecule has 0 saturated heterocycles. The fourth-order valence-electron chi connectivity index (χ4n) is 4.99. The summed E-state index contributed by atoms with van der Waals surface area (Å²) in [5.74, 6) is -2.06. The van der Waals surface area contributed by atoms with Gasteiger partial charge in [0.2, 0.25) is 5.91 Å². The van der Waals surface area contributed by atoms with E-state index in [0.717, 1.165) is 27.8 Å². The topological polar surface area (TPSA) is 114 Å². The van der Waals surface area contributed by atoms with Crippen molar-refractivity contribution in [2.24, 2.45) is 0 Å². The third-order valence-electron chi connectivity index (χ3n) is 7.08. The van der Waals surface area contributed by atoms with Crippen LogP contribution in [0.4, 0.5) is 4.79 Å². The number of hydrogen-bond acceptors (Lipinski definition) is 6. The first-order valence-corrected chi connectivity index (χ1v) is 14.1. The molecule has 3 unspecified atom stereocenters. The Balaban J connectivity index is 1.25. The molecule has 3 N–H and O–H groups in total. The number of carboxylic acid groups (broad SMARTS) is 1. The first kappa shape index (κ1) is 28.1. The quantitative estimate of drug-likeness (QED) is 0.219. The molecule has 0 aliphatic heterocycles. The average Bonchev–Trinajstić information content (AvgIpc) is 3.63. The van der Waals surface area contributed by atoms with Gasteiger partial charge in [0.15, 0.2) is 6.04 Å². The van der Waals surface area contributed by atoms with E-state index in [4.69, 9.17) is 9.47 Å². The lowest BCUT2D eigenvalue weighted by Gasteiger charge is -2.25. The molecule has 41 heavy (non-hydrogen) atoms. The summed E-state index contributed by atoms with van der Waals surface area (Å²) in [6, 6.07) is 26.3. The van der Waals surface area contributed by atoms with E-state index >= 15 is 0 Å². The average molecular weight is 571 g/mol. The minimum absolute atomic E-state index is 0.0841. The molecule has 0 radical (unpaired) electrons. The Labute approximate surface area is 241 Å². The zero-order chi connectivity index (χ0) is 28.8. The number of fused-ring (bicyclic) bond motifs is 3. The molecule has 3 aromatic carbocycles. The Morgan fingerprint density at radius 3 is 2.10 bits per heavy atom. The van der Waals surface area contributed by atoms with E-state index < -0.39 is 36.2 Å². The van der Waals surface area contributed by atoms with E-state index in [1.807, 2.05) is 66.7 Å². The highest BCUT2D eigenvalue weighted by atomic mass is 32.1. The van der Waals surface area contributed by atoms with Crippen molar-refractivity contribution >= 4 is 29.3 Å². The van der Waals surface area contributed by atoms with Crippen LogP contribution in [-0.2, 0) is 25.7 Å². The standard InChI is InChI=1S/C32H30N2O6S/c1-20(39-18-21-10-3-2-4-11-21)28(31(36)37)33-30(35)29(27-16-9-17-41-27)34-32(38)40-19-26-24-14-7-5-12-22(24)23-13-6-8-15-25(23)26/h2-17,20,26,28-29H,18-19H2,1H3,(H,33,35)(H,34,38)(H,36,37). The second-order valence-corrected chi connectivity index (χ2v) is 10.7. The lowest BCUT2D eigenvalue weighted by atomic mass is 9.98. The number of amides is 2. The predicted molar refractivity (Wildman–Crippen MR) is 156 cm³/mol. The van der Waals surface area contributed by atoms with Gasteiger partial charge in [-0.2, -0.15) is 0 Å². The fourth-order valence-corrected chi connectivity index (χ4v) is 5.77. The highest BCUT2D eigenvalue weighted by Crippen LogP contribution is 2.44. The Bertz CT molecular complexity index is 1460. The number of hydrogen-bond donors (Lipinski definition) is 3. The molecule has 3 atom stereocenters. The zero-order valence-electron chi connectivity index (χ0n) is 22.4. The SMILES string of the molecule is CC(OCc1ccccc1)C(NC(=O)C(NC(=O)OCC1c2ccccc2-c2ccccc21)c1cccs1)C(=O)O. The van der Waals surface area contributed by atoms with Crippen molar-refractivity contribution in [3.05, 3.63) is 118 Å². The van der Waals surface area contributed by atoms with Crippen LogP contribution < -0.4 is 10.6 Å². The molecule has 4 aromatic rings. The van der Waals surface area contributed by atoms with Crippen LogP contribution in [0.3, 0.4) is 0 Å². The van der Waals surface area contributed by atoms with Gasteiger partial charge in [-0.25, -0.2) is 9.59 Å². The van der Waals surface area contributed by atoms with E-state index in [1.54, 1.807) is 24.4 Å². The van der Waals surface area contributed by atoms with Gasteiger partial charge < -0.3 is 25.2 Å². The summed E-state index contributed by atoms with van der Waals surface area (Å²) in [6.07, 6.45) is -1.62. The lowest BCUT2D eigenvalue weighted by Crippen LogP contribution is -2.52. The molecule has 1 aliphatic carbocycles. The molecular formula is C32H30N2O6S. The number of alkyl carbamates (subject to hydrolysis) is 1. The van der Waals surface area contributed by atoms with Gasteiger partial charge in [0, 0.05) is 10.8 Å². The molecule has 8 nitrogen and oxygen atoms in total. The molecule has 0 fully saturated rings. The van der Waals surface area contributed by atoms with Crippen molar-refractivity contribution in [2.75, 3.05) is 6.61 Å². The van der Waals surface area contributed by atoms with Crippen LogP contribution in [0.15, 0.2) is 96.4 Å². The summed E-state index contributed by atoms with van der Waals surface area (Å²) in [5, 5.41) is 16.8. The predicted octanol–water partition coefficient (Wildman–Crippen LogP) is 5.50. The maximum Gasteiger partial charge on any atom is 0.408 e. The molecule has 0 spiro atoms. The van der Waals surface area contributed by atoms with Crippen molar-refractivity contribution in [1.29, 1.82) is 0 Å². The summed E-state index contributed by atoms with van der Waals surface area (Å²) in [4.78, 5) is 39.0. The highest BCUT2D eigenvalue weighted by molar-refractivity contribution is 7.10. The molecule has 210 valence electrons. The second-order valence-electron chi connectivity index (χ2n) is 9.74. The number of thiophene rings is 1. The molecule has 1 aromatic heterocycles. The molecule has 1 aliphatic rings. The monoisotopic (exact) mass is 570 g/mol. The summed E-state index contributed by atoms with van der Waals surface area (Å²) in [7, 11) is 0. The first-order valence-electron chi connectivity index (χ1n) is 13.3. The van der Waals surface area contributed by atoms with E-state index in [0.29, 0.717) is 4.88 Å². The third kappa shape index (κ3) is 6.48. The highest BCUT2D eigenvalue weighted by Gasteiger charge is 2.33. The summed E-state index contributed by atoms with van der Waals surface area (Å²) in [5.41, 5.74) is 5.24. The number of carboxylic acids is 1. The smallest absolute Gasteiger partial charge is 0.408 e. The van der Waals surface area contributed by atoms with Crippen LogP contribution in [0, 0.1) is 0 Å². The van der Waals surface area contributed by atoms with Gasteiger partial charge in [0.1, 0.15) is 12.6 Å². The number of carbonyl (C=O) groups is 3. The van der Waals surface area contributed by atoms with Gasteiger partial charge in [-0.05, 0) is 46.2 Å². The first-order chi connectivity index (χ1) is 19.9. The molecular weight excluding hydrogens is 540 g/mol. The van der Waals surface area contributed by atoms with Crippen LogP contribution in [-0.4, -0.2) is 41.8 Å². The Morgan fingerprint density at radius 2 is 1.49 bits per heavy atom. The van der Waals surface area contributed by atoms with Gasteiger partial charge in [0.05, 0.1) is 12.7 Å². The molecule has 2 amide bonds. The van der Waals surface area contributed by atoms with Crippen molar-refractivity contribution in [3.8, 4) is 11.1 Å². The largest absolute Gasteiger partial charge is 0.480 e. The zero-order valence-corrected chi connectivity index (χ0v) is 23.2. The lowest BCUT2D eigenvalue weighted by molar-refractivity contribution is -0.146. The van der Waals surface area contributed by atoms with Crippen LogP contribution in [0.25, 0.3) is 11.1 Å². The molecule has 1 heterocycles. The van der Waals surface area contributed by atoms with Gasteiger partial charge in [-0.3, -0.25) is 4.79 Å². The van der Waals surface area contributed by atoms with Crippen molar-refractivity contribution in [1.82, 2.24) is 10.6 Å². The number of rotatable bonds is 11. The second kappa shape index (κ2) is 12.8. The summed E-state index contributed by atoms with van der Waals surface area (Å²) in [6.45, 7) is 1.86. The Kier molecular flexibility index (Phi) is 8.76. The van der Waals surface area contributed by atoms with Crippen LogP contribution in [0.2, 0.25) is 0 Å². The van der Waals surface area contributed by atoms with Gasteiger partial charge in [-0.15, -0.1) is 11.3 Å². The molecule has 9 heteroatoms. The van der Waals surface area contributed by atoms with Gasteiger partial charge in [-0.1, -0.05) is 84.9 Å². The van der Waals surface area contributed by atoms with Crippen molar-refractivity contribution < 1.29 is 29.0 Å². The summed E-state index contributed by atoms with van der Waals surface area (Å²) >= 11 is 1.27. The Morgan fingerprint density at radius 1 is 0.854 bits per heavy atom. The minimum Gasteiger partial charge on any atom is -0.480 e. The molecule has 0 saturated carbocycles. The van der Waals surface area contributed by atoms with Gasteiger partial charge >= 0.3 is 12.1 Å². The van der Waals surface area contributed by atoms with E-state index in [1.165, 1.54) is 11.3 Å². The minimum atomic E-state index is -1.34. The number of carbonyl (C=O) groups excluding carboxylic acids is 2. The van der Waals surface area contributed by atoms with Crippen LogP contribution in [0.1, 0.15) is 40.5 Å². The van der Waals surface area contributed by atoms with Crippen molar-refractivity contribution in [3.63, 3.8) is 0 Å². The van der Waals surface area contributed by atoms with Crippen LogP contribution >= 0.6 is 11.3 Å². The number of ether oxygens (including phenoxy) is 2. The maximum atomic E-state index is 13.4. The number of nitrogens with one attached hydrogen (secondary N) is 2. The molecule has 5 rings (SSSR count). The van der Waals surface area contributed by atoms with Crippen molar-refractivity contribution in [2.45, 2.75) is 37.6 Å². The maximum absolute atomic E-state index is 13.4. The van der Waals surface area contributed by atoms with E-state index in [9.17, 15) is 19.5 Å². The normalized spacial score (nSPS) is 14.3. The fraction of sp³-hybridized carbons (Fsp3) is 0.219. The Hall–Kier alpha value is -4.47. The van der Waals surface area contributed by atoms with Crippen LogP contribution in [0.5, 0.6) is 0 Å². The number of benzene rings is 3. The third-order valence-corrected chi connectivity index (χ3v) is 8.02. The van der Waals surface area contributed by atoms with E-state index in [2.05, 4.69) is 22.8 Å². The van der Waals surface area contributed by atoms with Gasteiger partial charge in [0.25, 0.3) is 0 Å². The summed E-state index contributed by atoms with van der Waals surface area (Å²) < 4.78 is 11.4. The number of aliphatic carboxylic acids is 1. The molecule has 0 bridgehead atoms. The van der Waals surface area contributed by atoms with E-state index in [-0.39, 0.29) is 19.1 Å².